The molecule has 11 heteroatoms. The summed E-state index contributed by atoms with van der Waals surface area (Å²) in [4.78, 5) is 58.8. The minimum atomic E-state index is -0.486. The van der Waals surface area contributed by atoms with Gasteiger partial charge in [0.15, 0.2) is 0 Å². The summed E-state index contributed by atoms with van der Waals surface area (Å²) in [6.45, 7) is 1.23. The van der Waals surface area contributed by atoms with Crippen molar-refractivity contribution in [1.82, 2.24) is 25.4 Å². The molecule has 2 aliphatic rings. The second-order valence-electron chi connectivity index (χ2n) is 12.7. The van der Waals surface area contributed by atoms with Crippen molar-refractivity contribution in [3.63, 3.8) is 0 Å². The first-order valence-corrected chi connectivity index (χ1v) is 17.1. The summed E-state index contributed by atoms with van der Waals surface area (Å²) >= 11 is 0. The van der Waals surface area contributed by atoms with E-state index in [2.05, 4.69) is 15.6 Å². The molecule has 3 heterocycles. The molecule has 1 aromatic heterocycles. The number of ether oxygens (including phenoxy) is 2. The number of pyridine rings is 1. The normalized spacial score (nSPS) is 16.7. The zero-order valence-corrected chi connectivity index (χ0v) is 28.3. The van der Waals surface area contributed by atoms with Crippen molar-refractivity contribution in [2.24, 2.45) is 0 Å². The molecule has 11 nitrogen and oxygen atoms in total. The highest BCUT2D eigenvalue weighted by molar-refractivity contribution is 5.96. The Kier molecular flexibility index (Phi) is 10.2. The number of rotatable bonds is 12. The van der Waals surface area contributed by atoms with Crippen molar-refractivity contribution in [3.05, 3.63) is 150 Å². The van der Waals surface area contributed by atoms with Gasteiger partial charge in [-0.15, -0.1) is 0 Å². The maximum absolute atomic E-state index is 13.1. The van der Waals surface area contributed by atoms with E-state index in [1.54, 1.807) is 15.9 Å². The molecule has 2 atom stereocenters. The summed E-state index contributed by atoms with van der Waals surface area (Å²) in [5.41, 5.74) is 6.34. The average Bonchev–Trinajstić information content (AvgIpc) is 3.73. The molecule has 52 heavy (non-hydrogen) atoms. The molecule has 5 aromatic rings. The van der Waals surface area contributed by atoms with Crippen LogP contribution in [-0.4, -0.2) is 77.2 Å². The minimum Gasteiger partial charge on any atom is -0.447 e. The first-order valence-electron chi connectivity index (χ1n) is 17.1. The van der Waals surface area contributed by atoms with Crippen LogP contribution in [0.5, 0.6) is 0 Å². The van der Waals surface area contributed by atoms with Crippen LogP contribution >= 0.6 is 0 Å². The lowest BCUT2D eigenvalue weighted by atomic mass is 10.0. The van der Waals surface area contributed by atoms with Gasteiger partial charge in [0.2, 0.25) is 0 Å². The second-order valence-corrected chi connectivity index (χ2v) is 12.7. The lowest BCUT2D eigenvalue weighted by Crippen LogP contribution is -2.43. The lowest BCUT2D eigenvalue weighted by molar-refractivity contribution is 0.0932. The Balaban J connectivity index is 0.910. The van der Waals surface area contributed by atoms with Gasteiger partial charge >= 0.3 is 12.2 Å². The summed E-state index contributed by atoms with van der Waals surface area (Å²) in [6, 6.07) is 39.9. The molecule has 0 spiro atoms. The van der Waals surface area contributed by atoms with Crippen molar-refractivity contribution in [2.75, 3.05) is 26.3 Å². The van der Waals surface area contributed by atoms with Crippen LogP contribution in [0.3, 0.4) is 0 Å². The van der Waals surface area contributed by atoms with Crippen molar-refractivity contribution in [1.29, 1.82) is 0 Å². The Morgan fingerprint density at radius 2 is 0.923 bits per heavy atom. The average molecular weight is 696 g/mol. The van der Waals surface area contributed by atoms with E-state index in [1.165, 1.54) is 12.1 Å². The molecular formula is C41H37N5O6. The topological polar surface area (TPSA) is 130 Å². The van der Waals surface area contributed by atoms with Crippen molar-refractivity contribution < 1.29 is 28.7 Å². The minimum absolute atomic E-state index is 0.0564. The Bertz CT molecular complexity index is 1900. The SMILES string of the molecule is O=C(NCC1COC(=O)N1Cc1ccc(-c2ccccc2)cc1)c1cccc(C(=O)NCC2COC(=O)N2Cc2ccc(-c3ccccc3)cc2)n1. The number of aromatic nitrogens is 1. The third kappa shape index (κ3) is 7.94. The highest BCUT2D eigenvalue weighted by Crippen LogP contribution is 2.23. The van der Waals surface area contributed by atoms with Gasteiger partial charge in [-0.1, -0.05) is 115 Å². The van der Waals surface area contributed by atoms with Gasteiger partial charge in [0, 0.05) is 26.2 Å². The van der Waals surface area contributed by atoms with Crippen LogP contribution < -0.4 is 10.6 Å². The van der Waals surface area contributed by atoms with Gasteiger partial charge in [0.25, 0.3) is 11.8 Å². The standard InChI is InChI=1S/C41H37N5O6/c47-38(42-22-34-26-51-40(49)45(34)24-28-14-18-32(19-15-28)30-8-3-1-4-9-30)36-12-7-13-37(44-36)39(48)43-23-35-27-52-41(50)46(35)25-29-16-20-33(21-17-29)31-10-5-2-6-11-31/h1-21,34-35H,22-27H2,(H,42,47)(H,43,48). The van der Waals surface area contributed by atoms with Gasteiger partial charge in [-0.25, -0.2) is 14.6 Å². The molecule has 4 amide bonds. The third-order valence-electron chi connectivity index (χ3n) is 9.19. The fourth-order valence-electron chi connectivity index (χ4n) is 6.25. The van der Waals surface area contributed by atoms with E-state index in [0.29, 0.717) is 13.1 Å². The number of cyclic esters (lactones) is 2. The number of carbonyl (C=O) groups excluding carboxylic acids is 4. The smallest absolute Gasteiger partial charge is 0.410 e. The van der Waals surface area contributed by atoms with Crippen LogP contribution in [0.1, 0.15) is 32.1 Å². The van der Waals surface area contributed by atoms with E-state index < -0.39 is 24.0 Å². The van der Waals surface area contributed by atoms with Gasteiger partial charge in [0.1, 0.15) is 24.6 Å². The van der Waals surface area contributed by atoms with Gasteiger partial charge in [0.05, 0.1) is 12.1 Å². The third-order valence-corrected chi connectivity index (χ3v) is 9.19. The summed E-state index contributed by atoms with van der Waals surface area (Å²) in [7, 11) is 0. The molecular weight excluding hydrogens is 658 g/mol. The molecule has 262 valence electrons. The molecule has 2 N–H and O–H groups in total. The number of nitrogens with zero attached hydrogens (tertiary/aromatic N) is 3. The molecule has 2 aliphatic heterocycles. The van der Waals surface area contributed by atoms with Crippen LogP contribution in [0.2, 0.25) is 0 Å². The van der Waals surface area contributed by atoms with Crippen LogP contribution in [0, 0.1) is 0 Å². The number of amides is 4. The first kappa shape index (κ1) is 34.0. The highest BCUT2D eigenvalue weighted by atomic mass is 16.6. The Morgan fingerprint density at radius 3 is 1.33 bits per heavy atom. The first-order chi connectivity index (χ1) is 25.4. The number of nitrogens with one attached hydrogen (secondary N) is 2. The Morgan fingerprint density at radius 1 is 0.538 bits per heavy atom. The zero-order chi connectivity index (χ0) is 35.9. The van der Waals surface area contributed by atoms with Gasteiger partial charge in [-0.3, -0.25) is 19.4 Å². The fourth-order valence-corrected chi connectivity index (χ4v) is 6.25. The summed E-state index contributed by atoms with van der Waals surface area (Å²) in [6.07, 6.45) is -0.894. The van der Waals surface area contributed by atoms with Gasteiger partial charge in [-0.2, -0.15) is 0 Å². The molecule has 0 saturated carbocycles. The van der Waals surface area contributed by atoms with E-state index in [9.17, 15) is 19.2 Å². The second kappa shape index (κ2) is 15.6. The molecule has 7 rings (SSSR count). The van der Waals surface area contributed by atoms with Crippen molar-refractivity contribution >= 4 is 24.0 Å². The number of hydrogen-bond donors (Lipinski definition) is 2. The number of carbonyl (C=O) groups is 4. The quantitative estimate of drug-likeness (QED) is 0.166. The molecule has 2 saturated heterocycles. The van der Waals surface area contributed by atoms with Crippen molar-refractivity contribution in [3.8, 4) is 22.3 Å². The van der Waals surface area contributed by atoms with Gasteiger partial charge in [-0.05, 0) is 45.5 Å². The monoisotopic (exact) mass is 695 g/mol. The van der Waals surface area contributed by atoms with E-state index >= 15 is 0 Å². The maximum atomic E-state index is 13.1. The zero-order valence-electron chi connectivity index (χ0n) is 28.3. The lowest BCUT2D eigenvalue weighted by Gasteiger charge is -2.22. The predicted molar refractivity (Wildman–Crippen MR) is 194 cm³/mol. The largest absolute Gasteiger partial charge is 0.447 e. The maximum Gasteiger partial charge on any atom is 0.410 e. The summed E-state index contributed by atoms with van der Waals surface area (Å²) in [5.74, 6) is -0.971. The molecule has 0 radical (unpaired) electrons. The molecule has 0 aliphatic carbocycles. The number of hydrogen-bond acceptors (Lipinski definition) is 7. The van der Waals surface area contributed by atoms with Crippen molar-refractivity contribution in [2.45, 2.75) is 25.2 Å². The van der Waals surface area contributed by atoms with E-state index in [-0.39, 0.29) is 49.8 Å². The Hall–Kier alpha value is -6.49. The van der Waals surface area contributed by atoms with Crippen LogP contribution in [0.4, 0.5) is 9.59 Å². The van der Waals surface area contributed by atoms with E-state index in [1.807, 2.05) is 109 Å². The predicted octanol–water partition coefficient (Wildman–Crippen LogP) is 5.92. The number of benzene rings is 4. The molecule has 2 unspecified atom stereocenters. The van der Waals surface area contributed by atoms with E-state index in [4.69, 9.17) is 9.47 Å². The summed E-state index contributed by atoms with van der Waals surface area (Å²) in [5, 5.41) is 5.66. The van der Waals surface area contributed by atoms with Crippen LogP contribution in [-0.2, 0) is 22.6 Å². The fraction of sp³-hybridized carbons (Fsp3) is 0.195. The van der Waals surface area contributed by atoms with Gasteiger partial charge < -0.3 is 20.1 Å². The summed E-state index contributed by atoms with van der Waals surface area (Å²) < 4.78 is 10.6. The van der Waals surface area contributed by atoms with E-state index in [0.717, 1.165) is 33.4 Å². The van der Waals surface area contributed by atoms with Crippen LogP contribution in [0.15, 0.2) is 127 Å². The molecule has 0 bridgehead atoms. The molecule has 2 fully saturated rings. The van der Waals surface area contributed by atoms with Crippen LogP contribution in [0.25, 0.3) is 22.3 Å². The Labute approximate surface area is 301 Å². The molecule has 4 aromatic carbocycles. The highest BCUT2D eigenvalue weighted by Gasteiger charge is 2.34.